The van der Waals surface area contributed by atoms with Crippen molar-refractivity contribution in [1.29, 1.82) is 0 Å². The maximum atomic E-state index is 13.0. The Labute approximate surface area is 261 Å². The summed E-state index contributed by atoms with van der Waals surface area (Å²) in [6.45, 7) is 0. The van der Waals surface area contributed by atoms with Crippen LogP contribution in [-0.4, -0.2) is 24.4 Å². The molecule has 0 atom stereocenters. The Balaban J connectivity index is 0.000000444. The molecule has 0 radical (unpaired) electrons. The van der Waals surface area contributed by atoms with Crippen molar-refractivity contribution in [3.63, 3.8) is 0 Å². The van der Waals surface area contributed by atoms with Crippen molar-refractivity contribution in [1.82, 2.24) is 0 Å². The zero-order valence-electron chi connectivity index (χ0n) is 23.5. The van der Waals surface area contributed by atoms with E-state index in [0.717, 1.165) is 21.7 Å². The van der Waals surface area contributed by atoms with Crippen molar-refractivity contribution in [2.24, 2.45) is 0 Å². The number of esters is 1. The topological polar surface area (TPSA) is 83.5 Å². The smallest absolute Gasteiger partial charge is 0.485 e. The molecule has 6 rings (SSSR count). The molecule has 0 N–H and O–H groups in total. The average molecular weight is 647 g/mol. The number of ether oxygens (including phenoxy) is 1. The minimum absolute atomic E-state index is 0.214. The van der Waals surface area contributed by atoms with Gasteiger partial charge in [-0.25, -0.2) is 8.42 Å². The summed E-state index contributed by atoms with van der Waals surface area (Å²) in [5.74, 6) is 0.293. The number of carbonyl (C=O) groups is 1. The van der Waals surface area contributed by atoms with Gasteiger partial charge >= 0.3 is 11.5 Å². The largest absolute Gasteiger partial charge is 0.741 e. The number of hydrogen-bond donors (Lipinski definition) is 0. The molecule has 6 aromatic carbocycles. The number of halogens is 3. The highest BCUT2D eigenvalue weighted by Crippen LogP contribution is 2.33. The molecule has 228 valence electrons. The Kier molecular flexibility index (Phi) is 9.57. The van der Waals surface area contributed by atoms with Crippen molar-refractivity contribution >= 4 is 48.5 Å². The summed E-state index contributed by atoms with van der Waals surface area (Å²) in [5, 5.41) is 4.56. The Morgan fingerprint density at radius 3 is 1.62 bits per heavy atom. The average Bonchev–Trinajstić information content (AvgIpc) is 3.02. The van der Waals surface area contributed by atoms with E-state index in [1.807, 2.05) is 48.5 Å². The van der Waals surface area contributed by atoms with Gasteiger partial charge in [-0.3, -0.25) is 4.79 Å². The third-order valence-corrected chi connectivity index (χ3v) is 9.52. The molecule has 0 saturated heterocycles. The van der Waals surface area contributed by atoms with Gasteiger partial charge in [0, 0.05) is 0 Å². The standard InChI is InChI=1S/C34H25O2S.CHF3O3S/c35-34(24-26-23-25-11-7-8-16-31(25)33-18-10-9-17-32(26)33)36-27-19-21-30(22-20-27)37(28-12-3-1-4-13-28)29-14-5-2-6-15-29;2-1(3,4)8(5,6)7/h1-23H,24H2;(H,5,6,7)/q+1;/p-1. The Bertz CT molecular complexity index is 1990. The molecule has 0 unspecified atom stereocenters. The van der Waals surface area contributed by atoms with Gasteiger partial charge in [-0.05, 0) is 81.7 Å². The van der Waals surface area contributed by atoms with Crippen LogP contribution in [-0.2, 0) is 32.2 Å². The van der Waals surface area contributed by atoms with Gasteiger partial charge in [-0.2, -0.15) is 13.2 Å². The molecule has 0 aliphatic rings. The normalized spacial score (nSPS) is 11.7. The molecule has 0 saturated carbocycles. The number of carbonyl (C=O) groups excluding carboxylic acids is 1. The molecular weight excluding hydrogens is 622 g/mol. The number of fused-ring (bicyclic) bond motifs is 3. The molecule has 0 aromatic heterocycles. The van der Waals surface area contributed by atoms with Gasteiger partial charge in [0.1, 0.15) is 5.75 Å². The van der Waals surface area contributed by atoms with E-state index in [9.17, 15) is 18.0 Å². The highest BCUT2D eigenvalue weighted by molar-refractivity contribution is 7.97. The van der Waals surface area contributed by atoms with Crippen LogP contribution < -0.4 is 4.74 Å². The quantitative estimate of drug-likeness (QED) is 0.0454. The van der Waals surface area contributed by atoms with Crippen LogP contribution in [0, 0.1) is 0 Å². The second-order valence-electron chi connectivity index (χ2n) is 9.76. The van der Waals surface area contributed by atoms with E-state index in [-0.39, 0.29) is 23.3 Å². The molecule has 0 spiro atoms. The zero-order chi connectivity index (χ0) is 32.0. The lowest BCUT2D eigenvalue weighted by Gasteiger charge is -2.11. The summed E-state index contributed by atoms with van der Waals surface area (Å²) in [4.78, 5) is 16.7. The van der Waals surface area contributed by atoms with Crippen LogP contribution >= 0.6 is 0 Å². The third-order valence-electron chi connectivity index (χ3n) is 6.72. The van der Waals surface area contributed by atoms with Gasteiger partial charge in [0.2, 0.25) is 0 Å². The molecule has 10 heteroatoms. The summed E-state index contributed by atoms with van der Waals surface area (Å²) in [7, 11) is -6.33. The Hall–Kier alpha value is -4.64. The zero-order valence-corrected chi connectivity index (χ0v) is 25.1. The molecule has 0 aliphatic carbocycles. The predicted octanol–water partition coefficient (Wildman–Crippen LogP) is 8.29. The monoisotopic (exact) mass is 646 g/mol. The molecule has 0 bridgehead atoms. The fourth-order valence-corrected chi connectivity index (χ4v) is 6.85. The highest BCUT2D eigenvalue weighted by atomic mass is 32.2. The minimum Gasteiger partial charge on any atom is -0.741 e. The van der Waals surface area contributed by atoms with Crippen LogP contribution in [0.15, 0.2) is 154 Å². The van der Waals surface area contributed by atoms with E-state index in [0.29, 0.717) is 5.75 Å². The summed E-state index contributed by atoms with van der Waals surface area (Å²) in [6, 6.07) is 47.6. The second kappa shape index (κ2) is 13.6. The number of benzene rings is 6. The lowest BCUT2D eigenvalue weighted by atomic mass is 9.96. The molecular formula is C35H25F3O5S2. The minimum atomic E-state index is -6.09. The highest BCUT2D eigenvalue weighted by Gasteiger charge is 2.37. The first-order chi connectivity index (χ1) is 21.5. The van der Waals surface area contributed by atoms with Crippen molar-refractivity contribution in [2.75, 3.05) is 0 Å². The maximum absolute atomic E-state index is 13.0. The lowest BCUT2D eigenvalue weighted by molar-refractivity contribution is -0.133. The third kappa shape index (κ3) is 7.72. The van der Waals surface area contributed by atoms with Crippen LogP contribution in [0.5, 0.6) is 5.75 Å². The number of hydrogen-bond acceptors (Lipinski definition) is 5. The van der Waals surface area contributed by atoms with E-state index in [2.05, 4.69) is 91.0 Å². The molecule has 0 amide bonds. The van der Waals surface area contributed by atoms with Gasteiger partial charge in [0.25, 0.3) is 0 Å². The summed E-state index contributed by atoms with van der Waals surface area (Å²) in [6.07, 6.45) is 0.214. The first-order valence-corrected chi connectivity index (χ1v) is 16.2. The van der Waals surface area contributed by atoms with E-state index >= 15 is 0 Å². The van der Waals surface area contributed by atoms with Crippen molar-refractivity contribution in [3.05, 3.63) is 145 Å². The first kappa shape index (κ1) is 31.8. The predicted molar refractivity (Wildman–Crippen MR) is 168 cm³/mol. The SMILES string of the molecule is O=C(Cc1cc2ccccc2c2ccccc12)Oc1ccc([S+](c2ccccc2)c2ccccc2)cc1.O=S(=O)([O-])C(F)(F)F. The first-order valence-electron chi connectivity index (χ1n) is 13.6. The van der Waals surface area contributed by atoms with Crippen molar-refractivity contribution in [2.45, 2.75) is 26.6 Å². The van der Waals surface area contributed by atoms with Gasteiger partial charge in [0.15, 0.2) is 24.8 Å². The number of alkyl halides is 3. The van der Waals surface area contributed by atoms with Crippen LogP contribution in [0.2, 0.25) is 0 Å². The number of rotatable bonds is 6. The van der Waals surface area contributed by atoms with Gasteiger partial charge < -0.3 is 9.29 Å². The van der Waals surface area contributed by atoms with Crippen LogP contribution in [0.25, 0.3) is 21.5 Å². The van der Waals surface area contributed by atoms with Crippen LogP contribution in [0.3, 0.4) is 0 Å². The fourth-order valence-electron chi connectivity index (χ4n) is 4.77. The van der Waals surface area contributed by atoms with Gasteiger partial charge in [0.05, 0.1) is 17.3 Å². The summed E-state index contributed by atoms with van der Waals surface area (Å²) in [5.41, 5.74) is -4.67. The van der Waals surface area contributed by atoms with E-state index in [4.69, 9.17) is 17.7 Å². The van der Waals surface area contributed by atoms with Crippen molar-refractivity contribution in [3.8, 4) is 5.75 Å². The molecule has 0 heterocycles. The lowest BCUT2D eigenvalue weighted by Crippen LogP contribution is -2.21. The Morgan fingerprint density at radius 1 is 0.644 bits per heavy atom. The molecule has 5 nitrogen and oxygen atoms in total. The summed E-state index contributed by atoms with van der Waals surface area (Å²) >= 11 is 0. The summed E-state index contributed by atoms with van der Waals surface area (Å²) < 4.78 is 64.7. The van der Waals surface area contributed by atoms with E-state index in [1.165, 1.54) is 20.1 Å². The van der Waals surface area contributed by atoms with Gasteiger partial charge in [-0.15, -0.1) is 0 Å². The molecule has 0 fully saturated rings. The fraction of sp³-hybridized carbons (Fsp3) is 0.0571. The molecule has 6 aromatic rings. The van der Waals surface area contributed by atoms with Crippen LogP contribution in [0.1, 0.15) is 5.56 Å². The van der Waals surface area contributed by atoms with Gasteiger partial charge in [-0.1, -0.05) is 84.9 Å². The van der Waals surface area contributed by atoms with E-state index < -0.39 is 15.6 Å². The van der Waals surface area contributed by atoms with Crippen molar-refractivity contribution < 1.29 is 35.7 Å². The molecule has 0 aliphatic heterocycles. The maximum Gasteiger partial charge on any atom is 0.485 e. The Morgan fingerprint density at radius 2 is 1.09 bits per heavy atom. The molecule has 45 heavy (non-hydrogen) atoms. The van der Waals surface area contributed by atoms with Crippen LogP contribution in [0.4, 0.5) is 13.2 Å². The van der Waals surface area contributed by atoms with E-state index in [1.54, 1.807) is 0 Å². The second-order valence-corrected chi connectivity index (χ2v) is 13.2.